The predicted octanol–water partition coefficient (Wildman–Crippen LogP) is 0.562. The maximum Gasteiger partial charge on any atom is 2.00 e. The maximum absolute atomic E-state index is 11.3. The normalized spacial score (nSPS) is 10.1. The third-order valence-corrected chi connectivity index (χ3v) is 3.54. The number of amides is 2. The van der Waals surface area contributed by atoms with Crippen LogP contribution in [-0.4, -0.2) is 72.4 Å². The second-order valence-electron chi connectivity index (χ2n) is 5.84. The van der Waals surface area contributed by atoms with Gasteiger partial charge in [0.15, 0.2) is 0 Å². The summed E-state index contributed by atoms with van der Waals surface area (Å²) in [7, 11) is 2.00. The van der Waals surface area contributed by atoms with Crippen molar-refractivity contribution in [2.24, 2.45) is 4.99 Å². The number of aromatic amines is 2. The van der Waals surface area contributed by atoms with Crippen molar-refractivity contribution in [3.8, 4) is 0 Å². The van der Waals surface area contributed by atoms with Crippen molar-refractivity contribution in [2.45, 2.75) is 0 Å². The van der Waals surface area contributed by atoms with Gasteiger partial charge in [-0.25, -0.2) is 10.3 Å². The van der Waals surface area contributed by atoms with E-state index in [-0.39, 0.29) is 28.6 Å². The quantitative estimate of drug-likeness (QED) is 0.201. The molecule has 0 atom stereocenters. The molecule has 0 aliphatic heterocycles. The average Bonchev–Trinajstić information content (AvgIpc) is 3.65. The number of H-pyrrole nitrogens is 2. The van der Waals surface area contributed by atoms with Gasteiger partial charge in [-0.1, -0.05) is 72.8 Å². The summed E-state index contributed by atoms with van der Waals surface area (Å²) in [6.07, 6.45) is 6.07. The number of carbonyl (C=O) groups excluding carboxylic acids is 2. The number of carbonyl (C=O) groups is 2. The molecule has 4 rings (SSSR count). The molecule has 0 bridgehead atoms. The Morgan fingerprint density at radius 1 is 0.865 bits per heavy atom. The Balaban J connectivity index is 0.000000603. The van der Waals surface area contributed by atoms with E-state index >= 15 is 0 Å². The van der Waals surface area contributed by atoms with Crippen LogP contribution >= 0.6 is 0 Å². The monoisotopic (exact) mass is 547 g/mol. The predicted molar refractivity (Wildman–Crippen MR) is 130 cm³/mol. The third kappa shape index (κ3) is 14.4. The van der Waals surface area contributed by atoms with Crippen molar-refractivity contribution in [1.82, 2.24) is 41.2 Å². The number of aromatic nitrogens is 8. The molecule has 0 aliphatic carbocycles. The SMILES string of the molecule is CO.CO.O=C(/C=C/c1ccccc1)N=c1[n-]nn[nH]1.O=C(/C=C/c1ccccc1)[N-]c1nnn[nH]1.[Mn+2]. The number of nitrogens with zero attached hydrogens (tertiary/aromatic N) is 8. The molecule has 193 valence electrons. The van der Waals surface area contributed by atoms with Gasteiger partial charge >= 0.3 is 17.1 Å². The van der Waals surface area contributed by atoms with Crippen LogP contribution < -0.4 is 10.7 Å². The van der Waals surface area contributed by atoms with Crippen molar-refractivity contribution in [3.63, 3.8) is 0 Å². The van der Waals surface area contributed by atoms with Crippen LogP contribution in [0, 0.1) is 0 Å². The molecule has 15 heteroatoms. The summed E-state index contributed by atoms with van der Waals surface area (Å²) >= 11 is 0. The molecule has 4 N–H and O–H groups in total. The molecule has 0 unspecified atom stereocenters. The minimum Gasteiger partial charge on any atom is -0.400 e. The van der Waals surface area contributed by atoms with E-state index in [1.807, 2.05) is 60.7 Å². The number of aliphatic hydroxyl groups is 2. The number of aliphatic hydroxyl groups excluding tert-OH is 2. The summed E-state index contributed by atoms with van der Waals surface area (Å²) in [5.74, 6) is -0.729. The van der Waals surface area contributed by atoms with E-state index in [4.69, 9.17) is 10.2 Å². The molecule has 4 aromatic rings. The van der Waals surface area contributed by atoms with Gasteiger partial charge in [0.05, 0.1) is 5.95 Å². The van der Waals surface area contributed by atoms with Gasteiger partial charge < -0.3 is 25.7 Å². The Morgan fingerprint density at radius 2 is 1.43 bits per heavy atom. The molecule has 2 aromatic heterocycles. The summed E-state index contributed by atoms with van der Waals surface area (Å²) in [4.78, 5) is 26.2. The van der Waals surface area contributed by atoms with E-state index in [2.05, 4.69) is 51.6 Å². The molecule has 2 amide bonds. The number of hydrogen-bond acceptors (Lipinski definition) is 9. The first kappa shape index (κ1) is 32.4. The standard InChI is InChI=1S/2C10H9N5O.2CH4O.Mn/c2*16-9(11-10-12-14-15-13-10)7-6-8-4-2-1-3-5-8;2*1-2;/h2*1-7H,(H2,11,12,13,14,15,16);2*2H,1H3;/q;;;;+2/p-2/b2*7-6+;;;. The van der Waals surface area contributed by atoms with Gasteiger partial charge in [0.1, 0.15) is 5.62 Å². The number of rotatable bonds is 5. The van der Waals surface area contributed by atoms with Gasteiger partial charge in [-0.3, -0.25) is 19.7 Å². The number of tetrazole rings is 2. The van der Waals surface area contributed by atoms with Crippen LogP contribution in [0.15, 0.2) is 77.8 Å². The minimum atomic E-state index is -0.414. The van der Waals surface area contributed by atoms with E-state index in [0.717, 1.165) is 25.3 Å². The molecule has 0 saturated carbocycles. The zero-order valence-corrected chi connectivity index (χ0v) is 20.9. The zero-order valence-electron chi connectivity index (χ0n) is 19.7. The first-order chi connectivity index (χ1) is 17.7. The maximum atomic E-state index is 11.3. The van der Waals surface area contributed by atoms with Crippen LogP contribution in [0.5, 0.6) is 0 Å². The van der Waals surface area contributed by atoms with Crippen molar-refractivity contribution in [1.29, 1.82) is 0 Å². The number of nitrogens with one attached hydrogen (secondary N) is 2. The molecule has 14 nitrogen and oxygen atoms in total. The molecule has 37 heavy (non-hydrogen) atoms. The molecule has 1 radical (unpaired) electrons. The Kier molecular flexibility index (Phi) is 18.2. The number of benzene rings is 2. The summed E-state index contributed by atoms with van der Waals surface area (Å²) in [5, 5.41) is 42.5. The average molecular weight is 547 g/mol. The van der Waals surface area contributed by atoms with Gasteiger partial charge in [-0.2, -0.15) is 0 Å². The van der Waals surface area contributed by atoms with Crippen molar-refractivity contribution < 1.29 is 36.9 Å². The molecular formula is C22H24MnN10O4. The largest absolute Gasteiger partial charge is 2.00 e. The van der Waals surface area contributed by atoms with E-state index < -0.39 is 11.8 Å². The van der Waals surface area contributed by atoms with Crippen LogP contribution in [0.25, 0.3) is 17.5 Å². The molecule has 2 heterocycles. The second-order valence-corrected chi connectivity index (χ2v) is 5.84. The Morgan fingerprint density at radius 3 is 1.92 bits per heavy atom. The number of hydrogen-bond donors (Lipinski definition) is 4. The fourth-order valence-corrected chi connectivity index (χ4v) is 2.15. The molecule has 2 aromatic carbocycles. The summed E-state index contributed by atoms with van der Waals surface area (Å²) in [5.41, 5.74) is 1.96. The molecule has 0 spiro atoms. The third-order valence-electron chi connectivity index (χ3n) is 3.54. The summed E-state index contributed by atoms with van der Waals surface area (Å²) in [6, 6.07) is 18.9. The smallest absolute Gasteiger partial charge is 0.400 e. The molecule has 0 aliphatic rings. The molecule has 0 fully saturated rings. The van der Waals surface area contributed by atoms with E-state index in [1.165, 1.54) is 12.2 Å². The van der Waals surface area contributed by atoms with Crippen molar-refractivity contribution >= 4 is 29.9 Å². The second kappa shape index (κ2) is 20.8. The van der Waals surface area contributed by atoms with Gasteiger partial charge in [0.2, 0.25) is 11.8 Å². The van der Waals surface area contributed by atoms with Gasteiger partial charge in [0, 0.05) is 14.2 Å². The van der Waals surface area contributed by atoms with E-state index in [9.17, 15) is 9.59 Å². The fourth-order valence-electron chi connectivity index (χ4n) is 2.15. The topological polar surface area (TPSA) is 211 Å². The van der Waals surface area contributed by atoms with E-state index in [1.54, 1.807) is 12.2 Å². The van der Waals surface area contributed by atoms with Crippen LogP contribution in [0.1, 0.15) is 11.1 Å². The van der Waals surface area contributed by atoms with Gasteiger partial charge in [0.25, 0.3) is 0 Å². The first-order valence-electron chi connectivity index (χ1n) is 10.0. The molecule has 0 saturated heterocycles. The Bertz CT molecular complexity index is 1220. The van der Waals surface area contributed by atoms with Gasteiger partial charge in [-0.15, -0.1) is 15.6 Å². The van der Waals surface area contributed by atoms with Crippen LogP contribution in [0.3, 0.4) is 0 Å². The van der Waals surface area contributed by atoms with E-state index in [0.29, 0.717) is 0 Å². The first-order valence-corrected chi connectivity index (χ1v) is 10.0. The van der Waals surface area contributed by atoms with Crippen LogP contribution in [-0.2, 0) is 26.7 Å². The fraction of sp³-hybridized carbons (Fsp3) is 0.0909. The van der Waals surface area contributed by atoms with Crippen molar-refractivity contribution in [2.75, 3.05) is 14.2 Å². The zero-order chi connectivity index (χ0) is 26.4. The molecular weight excluding hydrogens is 523 g/mol. The summed E-state index contributed by atoms with van der Waals surface area (Å²) in [6.45, 7) is 0. The minimum absolute atomic E-state index is 0. The Labute approximate surface area is 222 Å². The Hall–Kier alpha value is -4.56. The summed E-state index contributed by atoms with van der Waals surface area (Å²) < 4.78 is 0. The van der Waals surface area contributed by atoms with Crippen LogP contribution in [0.4, 0.5) is 5.95 Å². The van der Waals surface area contributed by atoms with Crippen LogP contribution in [0.2, 0.25) is 0 Å². The van der Waals surface area contributed by atoms with Gasteiger partial charge in [-0.05, 0) is 23.3 Å². The van der Waals surface area contributed by atoms with Crippen molar-refractivity contribution in [3.05, 3.63) is 94.9 Å².